The van der Waals surface area contributed by atoms with Gasteiger partial charge in [-0.3, -0.25) is 0 Å². The van der Waals surface area contributed by atoms with Crippen molar-refractivity contribution in [1.82, 2.24) is 0 Å². The van der Waals surface area contributed by atoms with Crippen molar-refractivity contribution >= 4 is 0 Å². The molecule has 0 fully saturated rings. The van der Waals surface area contributed by atoms with Crippen molar-refractivity contribution in [2.75, 3.05) is 0 Å². The first-order valence-corrected chi connectivity index (χ1v) is 3.34. The van der Waals surface area contributed by atoms with Gasteiger partial charge in [0.15, 0.2) is 0 Å². The summed E-state index contributed by atoms with van der Waals surface area (Å²) < 4.78 is 0. The molecule has 0 nitrogen and oxygen atoms in total. The van der Waals surface area contributed by atoms with E-state index in [9.17, 15) is 0 Å². The molecule has 0 radical (unpaired) electrons. The average molecular weight is 147 g/mol. The van der Waals surface area contributed by atoms with Gasteiger partial charge in [-0.2, -0.15) is 0 Å². The second-order valence-electron chi connectivity index (χ2n) is 2.08. The van der Waals surface area contributed by atoms with Gasteiger partial charge in [-0.05, 0) is 0 Å². The zero-order valence-corrected chi connectivity index (χ0v) is 6.84. The molecule has 0 saturated carbocycles. The molecule has 0 N–H and O–H groups in total. The Balaban J connectivity index is 3.89. The summed E-state index contributed by atoms with van der Waals surface area (Å²) in [4.78, 5) is 1.98. The van der Waals surface area contributed by atoms with Crippen LogP contribution >= 0.6 is 0 Å². The molecule has 0 aliphatic heterocycles. The second kappa shape index (κ2) is 3.95. The Morgan fingerprint density at radius 1 is 1.25 bits per heavy atom. The van der Waals surface area contributed by atoms with E-state index in [0.717, 1.165) is 0 Å². The third kappa shape index (κ3) is 4.18. The van der Waals surface area contributed by atoms with Gasteiger partial charge in [0.05, 0.1) is 0 Å². The second-order valence-corrected chi connectivity index (χ2v) is 2.45. The Bertz CT molecular complexity index is 116. The molecule has 8 heavy (non-hydrogen) atoms. The Hall–Kier alpha value is 0.0125. The van der Waals surface area contributed by atoms with E-state index in [4.69, 9.17) is 0 Å². The van der Waals surface area contributed by atoms with Crippen LogP contribution in [0.25, 0.3) is 0 Å². The van der Waals surface area contributed by atoms with Gasteiger partial charge in [0.25, 0.3) is 0 Å². The molecule has 45 valence electrons. The number of allylic oxidation sites excluding steroid dienone is 3. The summed E-state index contributed by atoms with van der Waals surface area (Å²) >= 11 is 2.84. The number of hydrogen-bond acceptors (Lipinski definition) is 0. The third-order valence-electron chi connectivity index (χ3n) is 0.702. The molecule has 0 rings (SSSR count). The van der Waals surface area contributed by atoms with E-state index in [1.54, 1.807) is 0 Å². The molecule has 0 heterocycles. The molecule has 0 bridgehead atoms. The quantitative estimate of drug-likeness (QED) is 0.499. The molecule has 0 aliphatic carbocycles. The standard InChI is InChI=1S/C7H11.Cr/c1-6(2)5-7(3)4;/h1,5H,2-4H3;. The van der Waals surface area contributed by atoms with Crippen molar-refractivity contribution in [3.63, 3.8) is 0 Å². The van der Waals surface area contributed by atoms with Crippen molar-refractivity contribution in [1.29, 1.82) is 0 Å². The van der Waals surface area contributed by atoms with E-state index in [1.807, 2.05) is 4.94 Å². The van der Waals surface area contributed by atoms with Crippen LogP contribution in [0, 0.1) is 0 Å². The van der Waals surface area contributed by atoms with Crippen LogP contribution in [-0.4, -0.2) is 0 Å². The number of hydrogen-bond donors (Lipinski definition) is 0. The van der Waals surface area contributed by atoms with E-state index in [1.165, 1.54) is 11.1 Å². The molecule has 0 unspecified atom stereocenters. The maximum absolute atomic E-state index is 2.84. The van der Waals surface area contributed by atoms with Crippen LogP contribution in [0.3, 0.4) is 0 Å². The fraction of sp³-hybridized carbons (Fsp3) is 0.429. The summed E-state index contributed by atoms with van der Waals surface area (Å²) in [5.74, 6) is 0. The minimum absolute atomic E-state index is 1.28. The van der Waals surface area contributed by atoms with Gasteiger partial charge in [0.1, 0.15) is 0 Å². The van der Waals surface area contributed by atoms with Crippen molar-refractivity contribution in [3.8, 4) is 0 Å². The Morgan fingerprint density at radius 2 is 1.75 bits per heavy atom. The molecule has 0 saturated heterocycles. The van der Waals surface area contributed by atoms with Gasteiger partial charge in [0, 0.05) is 0 Å². The zero-order chi connectivity index (χ0) is 6.57. The van der Waals surface area contributed by atoms with Crippen molar-refractivity contribution in [2.45, 2.75) is 20.8 Å². The molecule has 0 amide bonds. The Morgan fingerprint density at radius 3 is 1.88 bits per heavy atom. The summed E-state index contributed by atoms with van der Waals surface area (Å²) in [6.07, 6.45) is 2.14. The van der Waals surface area contributed by atoms with Gasteiger partial charge >= 0.3 is 59.2 Å². The van der Waals surface area contributed by atoms with Gasteiger partial charge in [-0.1, -0.05) is 0 Å². The van der Waals surface area contributed by atoms with E-state index in [-0.39, 0.29) is 0 Å². The monoisotopic (exact) mass is 147 g/mol. The van der Waals surface area contributed by atoms with Crippen LogP contribution in [0.2, 0.25) is 0 Å². The third-order valence-corrected chi connectivity index (χ3v) is 1.28. The summed E-state index contributed by atoms with van der Waals surface area (Å²) in [6.45, 7) is 6.25. The SMILES string of the molecule is CC(C)=CC(C)=[CH][Cr]. The first-order valence-electron chi connectivity index (χ1n) is 2.60. The molecule has 1 heteroatoms. The molecule has 0 aromatic carbocycles. The maximum atomic E-state index is 2.84. The first kappa shape index (κ1) is 8.01. The van der Waals surface area contributed by atoms with Gasteiger partial charge in [-0.25, -0.2) is 0 Å². The van der Waals surface area contributed by atoms with Crippen LogP contribution in [0.4, 0.5) is 0 Å². The van der Waals surface area contributed by atoms with Gasteiger partial charge in [-0.15, -0.1) is 0 Å². The normalized spacial score (nSPS) is 11.1. The number of rotatable bonds is 1. The summed E-state index contributed by atoms with van der Waals surface area (Å²) in [5.41, 5.74) is 2.62. The van der Waals surface area contributed by atoms with Gasteiger partial charge < -0.3 is 0 Å². The van der Waals surface area contributed by atoms with Crippen LogP contribution in [-0.2, 0) is 16.3 Å². The van der Waals surface area contributed by atoms with E-state index in [2.05, 4.69) is 43.1 Å². The summed E-state index contributed by atoms with van der Waals surface area (Å²) in [7, 11) is 0. The zero-order valence-electron chi connectivity index (χ0n) is 5.56. The van der Waals surface area contributed by atoms with E-state index in [0.29, 0.717) is 0 Å². The average Bonchev–Trinajstić information content (AvgIpc) is 1.65. The molecular formula is C7H11Cr. The van der Waals surface area contributed by atoms with Crippen LogP contribution < -0.4 is 0 Å². The molecule has 0 aromatic rings. The Labute approximate surface area is 59.7 Å². The van der Waals surface area contributed by atoms with Gasteiger partial charge in [0.2, 0.25) is 0 Å². The molecule has 0 aromatic heterocycles. The molecule has 0 atom stereocenters. The van der Waals surface area contributed by atoms with E-state index >= 15 is 0 Å². The van der Waals surface area contributed by atoms with Crippen LogP contribution in [0.5, 0.6) is 0 Å². The predicted molar refractivity (Wildman–Crippen MR) is 33.2 cm³/mol. The first-order chi connectivity index (χ1) is 3.66. The predicted octanol–water partition coefficient (Wildman–Crippen LogP) is 2.40. The van der Waals surface area contributed by atoms with Crippen molar-refractivity contribution < 1.29 is 16.3 Å². The Kier molecular flexibility index (Phi) is 3.95. The topological polar surface area (TPSA) is 0 Å². The molecule has 0 aliphatic rings. The van der Waals surface area contributed by atoms with Crippen molar-refractivity contribution in [3.05, 3.63) is 22.2 Å². The fourth-order valence-electron chi connectivity index (χ4n) is 0.489. The van der Waals surface area contributed by atoms with Crippen LogP contribution in [0.1, 0.15) is 20.8 Å². The minimum atomic E-state index is 1.28. The molecule has 0 spiro atoms. The van der Waals surface area contributed by atoms with E-state index < -0.39 is 0 Å². The summed E-state index contributed by atoms with van der Waals surface area (Å²) in [6, 6.07) is 0. The molecular weight excluding hydrogens is 136 g/mol. The van der Waals surface area contributed by atoms with Crippen LogP contribution in [0.15, 0.2) is 22.2 Å². The van der Waals surface area contributed by atoms with Crippen molar-refractivity contribution in [2.24, 2.45) is 0 Å². The fourth-order valence-corrected chi connectivity index (χ4v) is 0.596. The summed E-state index contributed by atoms with van der Waals surface area (Å²) in [5, 5.41) is 0.